The van der Waals surface area contributed by atoms with Crippen molar-refractivity contribution in [3.8, 4) is 5.75 Å². The molecule has 122 valence electrons. The Morgan fingerprint density at radius 1 is 1.00 bits per heavy atom. The predicted octanol–water partition coefficient (Wildman–Crippen LogP) is 5.31. The van der Waals surface area contributed by atoms with Crippen molar-refractivity contribution in [3.63, 3.8) is 0 Å². The van der Waals surface area contributed by atoms with Crippen LogP contribution < -0.4 is 4.74 Å². The molecule has 1 aromatic rings. The molecule has 0 aromatic heterocycles. The summed E-state index contributed by atoms with van der Waals surface area (Å²) in [5, 5.41) is 0. The molecule has 0 spiro atoms. The van der Waals surface area contributed by atoms with E-state index >= 15 is 0 Å². The average molecular weight is 302 g/mol. The van der Waals surface area contributed by atoms with Crippen molar-refractivity contribution >= 4 is 6.40 Å². The Hall–Kier alpha value is -1.31. The van der Waals surface area contributed by atoms with Crippen molar-refractivity contribution in [3.05, 3.63) is 29.3 Å². The normalized spacial score (nSPS) is 24.3. The van der Waals surface area contributed by atoms with Gasteiger partial charge in [0.1, 0.15) is 5.75 Å². The maximum absolute atomic E-state index is 6.27. The topological polar surface area (TPSA) is 12.2 Å². The molecule has 1 aliphatic rings. The fraction of sp³-hybridized carbons (Fsp3) is 0.650. The Kier molecular flexibility index (Phi) is 5.66. The first-order valence-electron chi connectivity index (χ1n) is 8.82. The highest BCUT2D eigenvalue weighted by molar-refractivity contribution is 5.54. The summed E-state index contributed by atoms with van der Waals surface area (Å²) in [5.74, 6) is 2.01. The molecule has 0 N–H and O–H groups in total. The lowest BCUT2D eigenvalue weighted by Gasteiger charge is -2.23. The third-order valence-electron chi connectivity index (χ3n) is 4.87. The minimum absolute atomic E-state index is 0.471. The largest absolute Gasteiger partial charge is 0.410 e. The van der Waals surface area contributed by atoms with Crippen LogP contribution in [0.25, 0.3) is 0 Å². The van der Waals surface area contributed by atoms with Gasteiger partial charge in [-0.25, -0.2) is 4.58 Å². The van der Waals surface area contributed by atoms with Gasteiger partial charge in [-0.3, -0.25) is 0 Å². The lowest BCUT2D eigenvalue weighted by Crippen LogP contribution is -2.37. The molecule has 0 amide bonds. The van der Waals surface area contributed by atoms with Crippen LogP contribution in [0.15, 0.2) is 18.2 Å². The lowest BCUT2D eigenvalue weighted by molar-refractivity contribution is -0.606. The van der Waals surface area contributed by atoms with Gasteiger partial charge in [-0.2, -0.15) is 0 Å². The molecule has 2 heteroatoms. The number of para-hydroxylation sites is 1. The standard InChI is InChI=1S/C20H32NO/c1-14(2)18-11-8-12-19(15(3)4)20(18)22-13-21-16(5)9-7-10-17(21)6/h8,11-17H,7,9-10H2,1-6H3/q+1/t16-,17+. The van der Waals surface area contributed by atoms with Gasteiger partial charge in [-0.05, 0) is 43.2 Å². The fourth-order valence-corrected chi connectivity index (χ4v) is 3.38. The highest BCUT2D eigenvalue weighted by Gasteiger charge is 2.28. The summed E-state index contributed by atoms with van der Waals surface area (Å²) >= 11 is 0. The number of benzene rings is 1. The molecule has 0 radical (unpaired) electrons. The van der Waals surface area contributed by atoms with Gasteiger partial charge in [0.25, 0.3) is 0 Å². The van der Waals surface area contributed by atoms with Crippen molar-refractivity contribution in [2.24, 2.45) is 0 Å². The van der Waals surface area contributed by atoms with Crippen molar-refractivity contribution in [1.29, 1.82) is 0 Å². The molecule has 0 unspecified atom stereocenters. The molecule has 1 aromatic carbocycles. The zero-order valence-corrected chi connectivity index (χ0v) is 15.1. The van der Waals surface area contributed by atoms with Gasteiger partial charge in [-0.1, -0.05) is 45.9 Å². The summed E-state index contributed by atoms with van der Waals surface area (Å²) in [6.45, 7) is 13.5. The smallest absolute Gasteiger partial charge is 0.329 e. The van der Waals surface area contributed by atoms with Crippen LogP contribution in [-0.4, -0.2) is 23.1 Å². The molecular weight excluding hydrogens is 270 g/mol. The van der Waals surface area contributed by atoms with Crippen LogP contribution in [0.4, 0.5) is 0 Å². The van der Waals surface area contributed by atoms with Gasteiger partial charge in [0, 0.05) is 12.8 Å². The second-order valence-corrected chi connectivity index (χ2v) is 7.37. The third kappa shape index (κ3) is 3.71. The average Bonchev–Trinajstić information content (AvgIpc) is 2.46. The second kappa shape index (κ2) is 7.30. The van der Waals surface area contributed by atoms with Crippen molar-refractivity contribution < 1.29 is 9.31 Å². The molecule has 1 saturated heterocycles. The highest BCUT2D eigenvalue weighted by atomic mass is 16.5. The molecular formula is C20H32NO+. The van der Waals surface area contributed by atoms with E-state index in [9.17, 15) is 0 Å². The first-order chi connectivity index (χ1) is 10.4. The fourth-order valence-electron chi connectivity index (χ4n) is 3.38. The van der Waals surface area contributed by atoms with Crippen LogP contribution >= 0.6 is 0 Å². The molecule has 2 nitrogen and oxygen atoms in total. The van der Waals surface area contributed by atoms with E-state index in [0.717, 1.165) is 5.75 Å². The van der Waals surface area contributed by atoms with E-state index in [4.69, 9.17) is 4.74 Å². The summed E-state index contributed by atoms with van der Waals surface area (Å²) in [6.07, 6.45) is 5.83. The minimum atomic E-state index is 0.471. The van der Waals surface area contributed by atoms with Gasteiger partial charge >= 0.3 is 6.40 Å². The van der Waals surface area contributed by atoms with Gasteiger partial charge in [0.05, 0.1) is 0 Å². The Bertz CT molecular complexity index is 492. The molecule has 1 heterocycles. The van der Waals surface area contributed by atoms with Crippen LogP contribution in [0, 0.1) is 0 Å². The van der Waals surface area contributed by atoms with Crippen LogP contribution in [-0.2, 0) is 0 Å². The summed E-state index contributed by atoms with van der Waals surface area (Å²) in [7, 11) is 0. The molecule has 0 saturated carbocycles. The van der Waals surface area contributed by atoms with Crippen LogP contribution in [0.3, 0.4) is 0 Å². The van der Waals surface area contributed by atoms with Crippen LogP contribution in [0.1, 0.15) is 83.8 Å². The molecule has 2 atom stereocenters. The number of rotatable bonds is 4. The van der Waals surface area contributed by atoms with E-state index in [1.807, 2.05) is 6.40 Å². The Balaban J connectivity index is 2.35. The van der Waals surface area contributed by atoms with Crippen molar-refractivity contribution in [2.75, 3.05) is 0 Å². The van der Waals surface area contributed by atoms with E-state index in [2.05, 4.69) is 64.3 Å². The highest BCUT2D eigenvalue weighted by Crippen LogP contribution is 2.34. The number of nitrogens with zero attached hydrogens (tertiary/aromatic N) is 1. The quantitative estimate of drug-likeness (QED) is 0.542. The zero-order valence-electron chi connectivity index (χ0n) is 15.1. The predicted molar refractivity (Wildman–Crippen MR) is 94.3 cm³/mol. The monoisotopic (exact) mass is 302 g/mol. The molecule has 1 aliphatic heterocycles. The van der Waals surface area contributed by atoms with E-state index in [0.29, 0.717) is 23.9 Å². The third-order valence-corrected chi connectivity index (χ3v) is 4.87. The van der Waals surface area contributed by atoms with Gasteiger partial charge in [-0.15, -0.1) is 0 Å². The van der Waals surface area contributed by atoms with Gasteiger partial charge in [0.15, 0.2) is 12.1 Å². The van der Waals surface area contributed by atoms with Crippen LogP contribution in [0.5, 0.6) is 5.75 Å². The molecule has 0 aliphatic carbocycles. The van der Waals surface area contributed by atoms with E-state index < -0.39 is 0 Å². The SMILES string of the molecule is CC(C)c1cccc(C(C)C)c1OC=[N+]1[C@H](C)CCC[C@@H]1C. The van der Waals surface area contributed by atoms with Crippen molar-refractivity contribution in [1.82, 2.24) is 0 Å². The molecule has 2 rings (SSSR count). The zero-order chi connectivity index (χ0) is 16.3. The lowest BCUT2D eigenvalue weighted by atomic mass is 9.94. The maximum Gasteiger partial charge on any atom is 0.329 e. The van der Waals surface area contributed by atoms with Crippen LogP contribution in [0.2, 0.25) is 0 Å². The first-order valence-corrected chi connectivity index (χ1v) is 8.82. The Morgan fingerprint density at radius 3 is 1.95 bits per heavy atom. The Morgan fingerprint density at radius 2 is 1.50 bits per heavy atom. The van der Waals surface area contributed by atoms with Gasteiger partial charge in [0.2, 0.25) is 0 Å². The number of piperidine rings is 1. The van der Waals surface area contributed by atoms with E-state index in [1.54, 1.807) is 0 Å². The number of hydrogen-bond acceptors (Lipinski definition) is 1. The Labute approximate surface area is 136 Å². The van der Waals surface area contributed by atoms with E-state index in [-0.39, 0.29) is 0 Å². The summed E-state index contributed by atoms with van der Waals surface area (Å²) in [5.41, 5.74) is 2.61. The maximum atomic E-state index is 6.27. The second-order valence-electron chi connectivity index (χ2n) is 7.37. The number of ether oxygens (including phenoxy) is 1. The minimum Gasteiger partial charge on any atom is -0.410 e. The van der Waals surface area contributed by atoms with E-state index in [1.165, 1.54) is 30.4 Å². The number of hydrogen-bond donors (Lipinski definition) is 0. The molecule has 0 bridgehead atoms. The molecule has 1 fully saturated rings. The van der Waals surface area contributed by atoms with Gasteiger partial charge < -0.3 is 4.74 Å². The summed E-state index contributed by atoms with van der Waals surface area (Å²) < 4.78 is 8.67. The summed E-state index contributed by atoms with van der Waals surface area (Å²) in [4.78, 5) is 0. The first kappa shape index (κ1) is 17.1. The van der Waals surface area contributed by atoms with Crippen molar-refractivity contribution in [2.45, 2.75) is 84.7 Å². The molecule has 22 heavy (non-hydrogen) atoms. The summed E-state index contributed by atoms with van der Waals surface area (Å²) in [6, 6.07) is 7.69.